The van der Waals surface area contributed by atoms with Crippen LogP contribution < -0.4 is 10.3 Å². The minimum atomic E-state index is -3.54. The van der Waals surface area contributed by atoms with Crippen LogP contribution >= 0.6 is 12.4 Å². The van der Waals surface area contributed by atoms with Crippen LogP contribution in [0.25, 0.3) is 10.9 Å². The maximum absolute atomic E-state index is 13.2. The molecule has 0 atom stereocenters. The Morgan fingerprint density at radius 3 is 2.49 bits per heavy atom. The van der Waals surface area contributed by atoms with Gasteiger partial charge in [0.25, 0.3) is 5.56 Å². The zero-order valence-corrected chi connectivity index (χ0v) is 21.0. The molecule has 0 amide bonds. The Kier molecular flexibility index (Phi) is 9.03. The van der Waals surface area contributed by atoms with Gasteiger partial charge in [-0.2, -0.15) is 4.31 Å². The van der Waals surface area contributed by atoms with Crippen molar-refractivity contribution in [2.24, 2.45) is 7.05 Å². The molecule has 2 aromatic heterocycles. The lowest BCUT2D eigenvalue weighted by molar-refractivity contribution is 0.287. The number of hydrogen-bond acceptors (Lipinski definition) is 5. The lowest BCUT2D eigenvalue weighted by atomic mass is 10.2. The van der Waals surface area contributed by atoms with Gasteiger partial charge < -0.3 is 9.30 Å². The van der Waals surface area contributed by atoms with Crippen molar-refractivity contribution < 1.29 is 13.2 Å². The Balaban J connectivity index is 0.00000342. The Labute approximate surface area is 211 Å². The molecule has 0 unspecified atom stereocenters. The van der Waals surface area contributed by atoms with Crippen LogP contribution in [0.1, 0.15) is 17.5 Å². The lowest BCUT2D eigenvalue weighted by Crippen LogP contribution is -2.33. The van der Waals surface area contributed by atoms with Crippen LogP contribution in [0, 0.1) is 0 Å². The Hall–Kier alpha value is -3.20. The largest absolute Gasteiger partial charge is 0.494 e. The summed E-state index contributed by atoms with van der Waals surface area (Å²) in [5, 5.41) is 0.906. The second kappa shape index (κ2) is 12.0. The number of pyridine rings is 2. The van der Waals surface area contributed by atoms with E-state index in [9.17, 15) is 13.2 Å². The smallest absolute Gasteiger partial charge is 0.250 e. The van der Waals surface area contributed by atoms with Gasteiger partial charge in [0.15, 0.2) is 0 Å². The first-order valence-electron chi connectivity index (χ1n) is 11.1. The number of nitrogens with zero attached hydrogens (tertiary/aromatic N) is 3. The van der Waals surface area contributed by atoms with Crippen LogP contribution in [0.3, 0.4) is 0 Å². The monoisotopic (exact) mass is 513 g/mol. The SMILES string of the molecule is Cl.Cn1c(=O)ccc2cc(OCCCN(Cc3cccnc3)S(=O)(=O)Cc3ccccc3)ccc21. The highest BCUT2D eigenvalue weighted by atomic mass is 35.5. The molecule has 184 valence electrons. The fraction of sp³-hybridized carbons (Fsp3) is 0.231. The molecule has 2 heterocycles. The van der Waals surface area contributed by atoms with Crippen LogP contribution in [-0.4, -0.2) is 35.4 Å². The first kappa shape index (κ1) is 26.4. The third kappa shape index (κ3) is 6.91. The predicted octanol–water partition coefficient (Wildman–Crippen LogP) is 4.16. The summed E-state index contributed by atoms with van der Waals surface area (Å²) in [4.78, 5) is 15.9. The van der Waals surface area contributed by atoms with E-state index < -0.39 is 10.0 Å². The van der Waals surface area contributed by atoms with Crippen molar-refractivity contribution in [3.63, 3.8) is 0 Å². The normalized spacial score (nSPS) is 11.4. The van der Waals surface area contributed by atoms with Gasteiger partial charge in [-0.15, -0.1) is 12.4 Å². The van der Waals surface area contributed by atoms with Gasteiger partial charge in [0, 0.05) is 44.0 Å². The molecule has 0 aliphatic carbocycles. The van der Waals surface area contributed by atoms with Crippen LogP contribution in [0.2, 0.25) is 0 Å². The molecule has 2 aromatic carbocycles. The van der Waals surface area contributed by atoms with E-state index in [1.165, 1.54) is 10.4 Å². The average molecular weight is 514 g/mol. The van der Waals surface area contributed by atoms with Gasteiger partial charge >= 0.3 is 0 Å². The van der Waals surface area contributed by atoms with Gasteiger partial charge in [0.2, 0.25) is 10.0 Å². The number of aromatic nitrogens is 2. The van der Waals surface area contributed by atoms with E-state index in [1.807, 2.05) is 54.6 Å². The first-order chi connectivity index (χ1) is 16.4. The average Bonchev–Trinajstić information content (AvgIpc) is 2.84. The van der Waals surface area contributed by atoms with Crippen LogP contribution in [0.4, 0.5) is 0 Å². The molecule has 0 saturated carbocycles. The van der Waals surface area contributed by atoms with Crippen molar-refractivity contribution in [1.29, 1.82) is 0 Å². The van der Waals surface area contributed by atoms with E-state index in [4.69, 9.17) is 4.74 Å². The molecule has 35 heavy (non-hydrogen) atoms. The van der Waals surface area contributed by atoms with Crippen molar-refractivity contribution in [2.45, 2.75) is 18.7 Å². The summed E-state index contributed by atoms with van der Waals surface area (Å²) in [6.45, 7) is 0.945. The third-order valence-corrected chi connectivity index (χ3v) is 7.38. The third-order valence-electron chi connectivity index (χ3n) is 5.58. The van der Waals surface area contributed by atoms with E-state index in [2.05, 4.69) is 4.98 Å². The molecule has 0 aliphatic heterocycles. The molecule has 7 nitrogen and oxygen atoms in total. The number of benzene rings is 2. The standard InChI is InChI=1S/C26H27N3O4S.ClH/c1-28-25-12-11-24(17-23(25)10-13-26(28)30)33-16-6-15-29(19-22-9-5-14-27-18-22)34(31,32)20-21-7-3-2-4-8-21;/h2-5,7-14,17-18H,6,15-16,19-20H2,1H3;1H. The van der Waals surface area contributed by atoms with Gasteiger partial charge in [0.05, 0.1) is 17.9 Å². The highest BCUT2D eigenvalue weighted by Gasteiger charge is 2.22. The van der Waals surface area contributed by atoms with E-state index in [1.54, 1.807) is 36.1 Å². The molecule has 0 saturated heterocycles. The molecule has 0 fully saturated rings. The van der Waals surface area contributed by atoms with Crippen LogP contribution in [-0.2, 0) is 29.4 Å². The maximum Gasteiger partial charge on any atom is 0.250 e. The van der Waals surface area contributed by atoms with Crippen molar-refractivity contribution in [3.05, 3.63) is 107 Å². The minimum Gasteiger partial charge on any atom is -0.494 e. The fourth-order valence-corrected chi connectivity index (χ4v) is 5.32. The Bertz CT molecular complexity index is 1410. The van der Waals surface area contributed by atoms with Crippen LogP contribution in [0.5, 0.6) is 5.75 Å². The number of aryl methyl sites for hydroxylation is 1. The zero-order chi connectivity index (χ0) is 24.0. The summed E-state index contributed by atoms with van der Waals surface area (Å²) in [5.41, 5.74) is 2.35. The van der Waals surface area contributed by atoms with Crippen molar-refractivity contribution in [2.75, 3.05) is 13.2 Å². The number of fused-ring (bicyclic) bond motifs is 1. The van der Waals surface area contributed by atoms with Crippen molar-refractivity contribution >= 4 is 33.3 Å². The summed E-state index contributed by atoms with van der Waals surface area (Å²) in [6.07, 6.45) is 3.88. The van der Waals surface area contributed by atoms with Gasteiger partial charge in [-0.25, -0.2) is 8.42 Å². The molecule has 4 aromatic rings. The molecule has 9 heteroatoms. The van der Waals surface area contributed by atoms with Gasteiger partial charge in [-0.05, 0) is 47.9 Å². The number of halogens is 1. The van der Waals surface area contributed by atoms with Crippen molar-refractivity contribution in [3.8, 4) is 5.75 Å². The molecular formula is C26H28ClN3O4S. The van der Waals surface area contributed by atoms with Crippen molar-refractivity contribution in [1.82, 2.24) is 13.9 Å². The quantitative estimate of drug-likeness (QED) is 0.297. The first-order valence-corrected chi connectivity index (χ1v) is 12.7. The molecule has 0 bridgehead atoms. The fourth-order valence-electron chi connectivity index (χ4n) is 3.77. The van der Waals surface area contributed by atoms with E-state index in [0.29, 0.717) is 25.3 Å². The Morgan fingerprint density at radius 1 is 0.971 bits per heavy atom. The molecule has 4 rings (SSSR count). The van der Waals surface area contributed by atoms with Gasteiger partial charge in [-0.1, -0.05) is 36.4 Å². The van der Waals surface area contributed by atoms with E-state index in [-0.39, 0.29) is 30.3 Å². The molecule has 0 radical (unpaired) electrons. The number of rotatable bonds is 10. The molecule has 0 N–H and O–H groups in total. The van der Waals surface area contributed by atoms with E-state index >= 15 is 0 Å². The maximum atomic E-state index is 13.2. The zero-order valence-electron chi connectivity index (χ0n) is 19.4. The summed E-state index contributed by atoms with van der Waals surface area (Å²) in [7, 11) is -1.80. The Morgan fingerprint density at radius 2 is 1.74 bits per heavy atom. The van der Waals surface area contributed by atoms with E-state index in [0.717, 1.165) is 22.0 Å². The number of sulfonamides is 1. The van der Waals surface area contributed by atoms with Gasteiger partial charge in [-0.3, -0.25) is 9.78 Å². The topological polar surface area (TPSA) is 81.5 Å². The lowest BCUT2D eigenvalue weighted by Gasteiger charge is -2.22. The van der Waals surface area contributed by atoms with Gasteiger partial charge in [0.1, 0.15) is 5.75 Å². The highest BCUT2D eigenvalue weighted by molar-refractivity contribution is 7.88. The summed E-state index contributed by atoms with van der Waals surface area (Å²) in [6, 6.07) is 21.7. The molecule has 0 spiro atoms. The molecular weight excluding hydrogens is 486 g/mol. The summed E-state index contributed by atoms with van der Waals surface area (Å²) in [5.74, 6) is 0.621. The predicted molar refractivity (Wildman–Crippen MR) is 140 cm³/mol. The second-order valence-corrected chi connectivity index (χ2v) is 10.1. The summed E-state index contributed by atoms with van der Waals surface area (Å²) >= 11 is 0. The second-order valence-electron chi connectivity index (χ2n) is 8.09. The number of hydrogen-bond donors (Lipinski definition) is 0. The highest BCUT2D eigenvalue weighted by Crippen LogP contribution is 2.20. The number of ether oxygens (including phenoxy) is 1. The molecule has 0 aliphatic rings. The summed E-state index contributed by atoms with van der Waals surface area (Å²) < 4.78 is 35.4. The van der Waals surface area contributed by atoms with Crippen LogP contribution in [0.15, 0.2) is 90.0 Å². The minimum absolute atomic E-state index is 0.